The summed E-state index contributed by atoms with van der Waals surface area (Å²) in [7, 11) is 0. The number of hydrogen-bond donors (Lipinski definition) is 0. The van der Waals surface area contributed by atoms with Crippen molar-refractivity contribution < 1.29 is 0 Å². The third-order valence-electron chi connectivity index (χ3n) is 5.76. The molecule has 0 saturated carbocycles. The Morgan fingerprint density at radius 1 is 0.774 bits per heavy atom. The van der Waals surface area contributed by atoms with Gasteiger partial charge >= 0.3 is 0 Å². The minimum atomic E-state index is 0.746. The van der Waals surface area contributed by atoms with E-state index in [1.54, 1.807) is 0 Å². The van der Waals surface area contributed by atoms with E-state index in [1.807, 2.05) is 30.3 Å². The number of benzene rings is 3. The van der Waals surface area contributed by atoms with Crippen LogP contribution in [-0.4, -0.2) is 23.0 Å². The molecule has 3 heteroatoms. The quantitative estimate of drug-likeness (QED) is 0.348. The molecular formula is C28H23ClN2. The molecule has 2 heterocycles. The number of fused-ring (bicyclic) bond motifs is 1. The highest BCUT2D eigenvalue weighted by molar-refractivity contribution is 6.30. The van der Waals surface area contributed by atoms with Crippen molar-refractivity contribution in [2.75, 3.05) is 13.1 Å². The summed E-state index contributed by atoms with van der Waals surface area (Å²) < 4.78 is 0. The van der Waals surface area contributed by atoms with Crippen LogP contribution in [0.4, 0.5) is 0 Å². The van der Waals surface area contributed by atoms with E-state index in [0.717, 1.165) is 44.9 Å². The van der Waals surface area contributed by atoms with Gasteiger partial charge in [0.15, 0.2) is 0 Å². The van der Waals surface area contributed by atoms with Crippen molar-refractivity contribution in [2.45, 2.75) is 19.4 Å². The molecule has 31 heavy (non-hydrogen) atoms. The molecule has 5 rings (SSSR count). The van der Waals surface area contributed by atoms with Gasteiger partial charge in [-0.05, 0) is 97.1 Å². The van der Waals surface area contributed by atoms with Gasteiger partial charge in [0.25, 0.3) is 0 Å². The fraction of sp³-hybridized carbons (Fsp3) is 0.179. The lowest BCUT2D eigenvalue weighted by molar-refractivity contribution is 0.331. The molecule has 1 fully saturated rings. The van der Waals surface area contributed by atoms with Crippen molar-refractivity contribution in [3.05, 3.63) is 101 Å². The van der Waals surface area contributed by atoms with Gasteiger partial charge in [-0.2, -0.15) is 0 Å². The van der Waals surface area contributed by atoms with Crippen molar-refractivity contribution in [3.8, 4) is 23.0 Å². The second-order valence-corrected chi connectivity index (χ2v) is 8.48. The molecule has 1 aliphatic heterocycles. The Morgan fingerprint density at radius 3 is 2.29 bits per heavy atom. The summed E-state index contributed by atoms with van der Waals surface area (Å²) in [4.78, 5) is 7.24. The minimum absolute atomic E-state index is 0.746. The summed E-state index contributed by atoms with van der Waals surface area (Å²) in [5.74, 6) is 6.46. The molecule has 1 aliphatic rings. The van der Waals surface area contributed by atoms with Gasteiger partial charge in [-0.25, -0.2) is 4.98 Å². The van der Waals surface area contributed by atoms with Crippen LogP contribution < -0.4 is 0 Å². The number of likely N-dealkylation sites (tertiary alicyclic amines) is 1. The smallest absolute Gasteiger partial charge is 0.114 e. The molecule has 0 atom stereocenters. The van der Waals surface area contributed by atoms with E-state index >= 15 is 0 Å². The maximum Gasteiger partial charge on any atom is 0.114 e. The molecule has 0 N–H and O–H groups in total. The number of hydrogen-bond acceptors (Lipinski definition) is 2. The Morgan fingerprint density at radius 2 is 1.52 bits per heavy atom. The summed E-state index contributed by atoms with van der Waals surface area (Å²) in [5, 5.41) is 1.85. The Labute approximate surface area is 188 Å². The number of rotatable bonds is 3. The Hall–Kier alpha value is -3.12. The zero-order valence-corrected chi connectivity index (χ0v) is 18.1. The normalized spacial score (nSPS) is 13.8. The first kappa shape index (κ1) is 19.8. The molecule has 152 valence electrons. The van der Waals surface area contributed by atoms with Gasteiger partial charge in [0.2, 0.25) is 0 Å². The second kappa shape index (κ2) is 8.94. The SMILES string of the molecule is Clc1ccc(-c2ccc3nc(C#Cc4ccc(CN5CCCC5)cc4)ccc3c2)cc1. The molecule has 0 radical (unpaired) electrons. The van der Waals surface area contributed by atoms with E-state index in [0.29, 0.717) is 0 Å². The second-order valence-electron chi connectivity index (χ2n) is 8.04. The van der Waals surface area contributed by atoms with Crippen LogP contribution in [0.25, 0.3) is 22.0 Å². The summed E-state index contributed by atoms with van der Waals surface area (Å²) in [5.41, 5.74) is 6.40. The first-order valence-electron chi connectivity index (χ1n) is 10.7. The van der Waals surface area contributed by atoms with Crippen LogP contribution >= 0.6 is 11.6 Å². The zero-order chi connectivity index (χ0) is 21.0. The van der Waals surface area contributed by atoms with Gasteiger partial charge in [-0.1, -0.05) is 47.9 Å². The summed E-state index contributed by atoms with van der Waals surface area (Å²) in [6.45, 7) is 3.48. The van der Waals surface area contributed by atoms with Crippen LogP contribution in [0.5, 0.6) is 0 Å². The number of aromatic nitrogens is 1. The number of nitrogens with zero attached hydrogens (tertiary/aromatic N) is 2. The third kappa shape index (κ3) is 4.80. The van der Waals surface area contributed by atoms with Crippen LogP contribution in [0, 0.1) is 11.8 Å². The Kier molecular flexibility index (Phi) is 5.71. The highest BCUT2D eigenvalue weighted by atomic mass is 35.5. The number of halogens is 1. The first-order valence-corrected chi connectivity index (χ1v) is 11.1. The predicted molar refractivity (Wildman–Crippen MR) is 129 cm³/mol. The molecule has 3 aromatic carbocycles. The van der Waals surface area contributed by atoms with Gasteiger partial charge in [-0.15, -0.1) is 0 Å². The summed E-state index contributed by atoms with van der Waals surface area (Å²) >= 11 is 6.00. The van der Waals surface area contributed by atoms with Crippen molar-refractivity contribution in [1.29, 1.82) is 0 Å². The van der Waals surface area contributed by atoms with Crippen molar-refractivity contribution in [1.82, 2.24) is 9.88 Å². The predicted octanol–water partition coefficient (Wildman–Crippen LogP) is 6.55. The van der Waals surface area contributed by atoms with E-state index < -0.39 is 0 Å². The molecule has 1 saturated heterocycles. The highest BCUT2D eigenvalue weighted by Crippen LogP contribution is 2.25. The zero-order valence-electron chi connectivity index (χ0n) is 17.3. The number of pyridine rings is 1. The molecule has 1 aromatic heterocycles. The molecule has 0 spiro atoms. The molecular weight excluding hydrogens is 400 g/mol. The van der Waals surface area contributed by atoms with Crippen LogP contribution in [0.1, 0.15) is 29.7 Å². The minimum Gasteiger partial charge on any atom is -0.299 e. The molecule has 0 unspecified atom stereocenters. The van der Waals surface area contributed by atoms with Gasteiger partial charge < -0.3 is 0 Å². The Balaban J connectivity index is 1.32. The van der Waals surface area contributed by atoms with Gasteiger partial charge in [0.05, 0.1) is 5.52 Å². The van der Waals surface area contributed by atoms with Crippen molar-refractivity contribution in [3.63, 3.8) is 0 Å². The molecule has 0 amide bonds. The average Bonchev–Trinajstić information content (AvgIpc) is 3.32. The van der Waals surface area contributed by atoms with Gasteiger partial charge in [0, 0.05) is 22.5 Å². The fourth-order valence-corrected chi connectivity index (χ4v) is 4.17. The molecule has 2 nitrogen and oxygen atoms in total. The molecule has 0 bridgehead atoms. The molecule has 4 aromatic rings. The third-order valence-corrected chi connectivity index (χ3v) is 6.01. The standard InChI is InChI=1S/C28H23ClN2/c29-26-12-8-23(9-13-26)24-11-16-28-25(19-24)10-15-27(30-28)14-7-21-3-5-22(6-4-21)20-31-17-1-2-18-31/h3-6,8-13,15-16,19H,1-2,17-18,20H2. The maximum absolute atomic E-state index is 6.00. The topological polar surface area (TPSA) is 16.1 Å². The highest BCUT2D eigenvalue weighted by Gasteiger charge is 2.11. The van der Waals surface area contributed by atoms with E-state index in [4.69, 9.17) is 16.6 Å². The largest absolute Gasteiger partial charge is 0.299 e. The van der Waals surface area contributed by atoms with Gasteiger partial charge in [-0.3, -0.25) is 4.90 Å². The van der Waals surface area contributed by atoms with E-state index in [9.17, 15) is 0 Å². The van der Waals surface area contributed by atoms with E-state index in [-0.39, 0.29) is 0 Å². The average molecular weight is 423 g/mol. The van der Waals surface area contributed by atoms with E-state index in [1.165, 1.54) is 31.5 Å². The lowest BCUT2D eigenvalue weighted by Gasteiger charge is -2.14. The lowest BCUT2D eigenvalue weighted by atomic mass is 10.0. The van der Waals surface area contributed by atoms with Crippen LogP contribution in [-0.2, 0) is 6.54 Å². The van der Waals surface area contributed by atoms with Crippen molar-refractivity contribution in [2.24, 2.45) is 0 Å². The Bertz CT molecular complexity index is 1260. The monoisotopic (exact) mass is 422 g/mol. The lowest BCUT2D eigenvalue weighted by Crippen LogP contribution is -2.18. The van der Waals surface area contributed by atoms with E-state index in [2.05, 4.69) is 65.3 Å². The summed E-state index contributed by atoms with van der Waals surface area (Å²) in [6, 6.07) is 26.9. The maximum atomic E-state index is 6.00. The first-order chi connectivity index (χ1) is 15.2. The molecule has 0 aliphatic carbocycles. The van der Waals surface area contributed by atoms with Gasteiger partial charge in [0.1, 0.15) is 5.69 Å². The van der Waals surface area contributed by atoms with Crippen LogP contribution in [0.3, 0.4) is 0 Å². The summed E-state index contributed by atoms with van der Waals surface area (Å²) in [6.07, 6.45) is 2.65. The van der Waals surface area contributed by atoms with Crippen LogP contribution in [0.15, 0.2) is 78.9 Å². The fourth-order valence-electron chi connectivity index (χ4n) is 4.05. The van der Waals surface area contributed by atoms with Crippen molar-refractivity contribution >= 4 is 22.5 Å². The van der Waals surface area contributed by atoms with Crippen LogP contribution in [0.2, 0.25) is 5.02 Å².